The van der Waals surface area contributed by atoms with E-state index in [-0.39, 0.29) is 12.0 Å². The highest BCUT2D eigenvalue weighted by molar-refractivity contribution is 5.97. The van der Waals surface area contributed by atoms with E-state index in [4.69, 9.17) is 14.6 Å². The number of hydrogen-bond donors (Lipinski definition) is 1. The number of nitrogens with one attached hydrogen (secondary N) is 1. The molecule has 1 aliphatic rings. The van der Waals surface area contributed by atoms with E-state index in [1.165, 1.54) is 5.56 Å². The van der Waals surface area contributed by atoms with Crippen LogP contribution in [0.25, 0.3) is 0 Å². The van der Waals surface area contributed by atoms with Gasteiger partial charge in [0.1, 0.15) is 17.6 Å². The van der Waals surface area contributed by atoms with E-state index in [9.17, 15) is 0 Å². The van der Waals surface area contributed by atoms with Crippen LogP contribution in [-0.2, 0) is 11.2 Å². The Balaban J connectivity index is 2.02. The molecule has 2 heterocycles. The van der Waals surface area contributed by atoms with Gasteiger partial charge in [0.05, 0.1) is 5.56 Å². The van der Waals surface area contributed by atoms with Crippen LogP contribution in [0.2, 0.25) is 0 Å². The number of benzene rings is 1. The maximum Gasteiger partial charge on any atom is 0.217 e. The molecule has 1 aromatic carbocycles. The monoisotopic (exact) mass is 241 g/mol. The molecule has 0 saturated heterocycles. The van der Waals surface area contributed by atoms with Crippen molar-refractivity contribution >= 4 is 5.90 Å². The lowest BCUT2D eigenvalue weighted by Crippen LogP contribution is -1.99. The van der Waals surface area contributed by atoms with Crippen LogP contribution in [0.15, 0.2) is 34.7 Å². The van der Waals surface area contributed by atoms with Crippen molar-refractivity contribution in [3.63, 3.8) is 0 Å². The summed E-state index contributed by atoms with van der Waals surface area (Å²) in [4.78, 5) is 0. The molecule has 0 spiro atoms. The molecule has 0 amide bonds. The molecule has 0 aliphatic carbocycles. The van der Waals surface area contributed by atoms with Crippen molar-refractivity contribution in [3.05, 3.63) is 58.5 Å². The van der Waals surface area contributed by atoms with Crippen LogP contribution < -0.4 is 0 Å². The number of furan rings is 1. The third-order valence-electron chi connectivity index (χ3n) is 3.34. The lowest BCUT2D eigenvalue weighted by atomic mass is 10.0. The highest BCUT2D eigenvalue weighted by atomic mass is 16.5. The largest absolute Gasteiger partial charge is 0.469 e. The van der Waals surface area contributed by atoms with Crippen LogP contribution >= 0.6 is 0 Å². The summed E-state index contributed by atoms with van der Waals surface area (Å²) in [6.45, 7) is 3.89. The maximum absolute atomic E-state index is 7.90. The summed E-state index contributed by atoms with van der Waals surface area (Å²) in [6, 6.07) is 10.1. The molecular weight excluding hydrogens is 226 g/mol. The normalized spacial score (nSPS) is 17.7. The number of fused-ring (bicyclic) bond motifs is 1. The van der Waals surface area contributed by atoms with Crippen LogP contribution in [0.4, 0.5) is 0 Å². The predicted octanol–water partition coefficient (Wildman–Crippen LogP) is 3.60. The first-order chi connectivity index (χ1) is 8.66. The third-order valence-corrected chi connectivity index (χ3v) is 3.34. The Bertz CT molecular complexity index is 598. The van der Waals surface area contributed by atoms with Gasteiger partial charge in [0.2, 0.25) is 5.90 Å². The van der Waals surface area contributed by atoms with Gasteiger partial charge >= 0.3 is 0 Å². The molecule has 3 heteroatoms. The highest BCUT2D eigenvalue weighted by Crippen LogP contribution is 2.37. The smallest absolute Gasteiger partial charge is 0.217 e. The molecule has 0 bridgehead atoms. The molecule has 18 heavy (non-hydrogen) atoms. The fourth-order valence-corrected chi connectivity index (χ4v) is 2.56. The Morgan fingerprint density at radius 2 is 1.94 bits per heavy atom. The van der Waals surface area contributed by atoms with Crippen LogP contribution in [0.3, 0.4) is 0 Å². The zero-order chi connectivity index (χ0) is 12.7. The van der Waals surface area contributed by atoms with E-state index in [0.29, 0.717) is 6.42 Å². The van der Waals surface area contributed by atoms with Crippen molar-refractivity contribution in [2.45, 2.75) is 26.4 Å². The van der Waals surface area contributed by atoms with Gasteiger partial charge in [-0.25, -0.2) is 0 Å². The lowest BCUT2D eigenvalue weighted by molar-refractivity contribution is 0.224. The number of hydrogen-bond acceptors (Lipinski definition) is 3. The predicted molar refractivity (Wildman–Crippen MR) is 69.0 cm³/mol. The van der Waals surface area contributed by atoms with Gasteiger partial charge in [-0.05, 0) is 19.4 Å². The fourth-order valence-electron chi connectivity index (χ4n) is 2.56. The van der Waals surface area contributed by atoms with Crippen molar-refractivity contribution < 1.29 is 9.15 Å². The Morgan fingerprint density at radius 3 is 2.67 bits per heavy atom. The summed E-state index contributed by atoms with van der Waals surface area (Å²) < 4.78 is 11.3. The Morgan fingerprint density at radius 1 is 1.22 bits per heavy atom. The van der Waals surface area contributed by atoms with Crippen molar-refractivity contribution in [2.75, 3.05) is 0 Å². The molecule has 1 aromatic heterocycles. The Labute approximate surface area is 106 Å². The first-order valence-corrected chi connectivity index (χ1v) is 6.08. The number of aryl methyl sites for hydroxylation is 1. The van der Waals surface area contributed by atoms with Gasteiger partial charge in [0.25, 0.3) is 0 Å². The van der Waals surface area contributed by atoms with Gasteiger partial charge < -0.3 is 9.15 Å². The molecule has 92 valence electrons. The second-order valence-corrected chi connectivity index (χ2v) is 4.62. The molecule has 1 N–H and O–H groups in total. The van der Waals surface area contributed by atoms with Crippen LogP contribution in [0.1, 0.15) is 41.2 Å². The average molecular weight is 241 g/mol. The first-order valence-electron chi connectivity index (χ1n) is 6.08. The molecule has 3 nitrogen and oxygen atoms in total. The summed E-state index contributed by atoms with van der Waals surface area (Å²) in [5.41, 5.74) is 3.07. The SMILES string of the molecule is Cc1oc(Cc2ccccc2)c2c1C(C)OC2=N. The summed E-state index contributed by atoms with van der Waals surface area (Å²) in [5, 5.41) is 7.90. The molecule has 0 radical (unpaired) electrons. The second kappa shape index (κ2) is 4.02. The number of rotatable bonds is 2. The molecule has 0 saturated carbocycles. The zero-order valence-corrected chi connectivity index (χ0v) is 10.5. The molecule has 3 rings (SSSR count). The quantitative estimate of drug-likeness (QED) is 0.873. The van der Waals surface area contributed by atoms with Gasteiger partial charge in [0.15, 0.2) is 0 Å². The summed E-state index contributed by atoms with van der Waals surface area (Å²) in [7, 11) is 0. The standard InChI is InChI=1S/C15H15NO2/c1-9-13-10(2)18-15(16)14(13)12(17-9)8-11-6-4-3-5-7-11/h3-7,10,16H,8H2,1-2H3. The number of ether oxygens (including phenoxy) is 1. The topological polar surface area (TPSA) is 46.2 Å². The first kappa shape index (κ1) is 11.1. The Hall–Kier alpha value is -2.03. The van der Waals surface area contributed by atoms with Gasteiger partial charge in [-0.2, -0.15) is 0 Å². The second-order valence-electron chi connectivity index (χ2n) is 4.62. The van der Waals surface area contributed by atoms with Crippen LogP contribution in [0.5, 0.6) is 0 Å². The minimum Gasteiger partial charge on any atom is -0.469 e. The minimum absolute atomic E-state index is 0.0687. The van der Waals surface area contributed by atoms with E-state index in [1.807, 2.05) is 32.0 Å². The summed E-state index contributed by atoms with van der Waals surface area (Å²) in [5.74, 6) is 1.94. The molecule has 0 fully saturated rings. The average Bonchev–Trinajstić information content (AvgIpc) is 2.82. The molecule has 2 aromatic rings. The molecular formula is C15H15NO2. The van der Waals surface area contributed by atoms with Crippen LogP contribution in [-0.4, -0.2) is 5.90 Å². The summed E-state index contributed by atoms with van der Waals surface area (Å²) >= 11 is 0. The van der Waals surface area contributed by atoms with Gasteiger partial charge in [0, 0.05) is 12.0 Å². The zero-order valence-electron chi connectivity index (χ0n) is 10.5. The van der Waals surface area contributed by atoms with Gasteiger partial charge in [-0.15, -0.1) is 0 Å². The molecule has 1 aliphatic heterocycles. The van der Waals surface area contributed by atoms with Crippen molar-refractivity contribution in [1.82, 2.24) is 0 Å². The van der Waals surface area contributed by atoms with Crippen molar-refractivity contribution in [2.24, 2.45) is 0 Å². The highest BCUT2D eigenvalue weighted by Gasteiger charge is 2.33. The van der Waals surface area contributed by atoms with E-state index in [0.717, 1.165) is 22.6 Å². The summed E-state index contributed by atoms with van der Waals surface area (Å²) in [6.07, 6.45) is 0.635. The van der Waals surface area contributed by atoms with Gasteiger partial charge in [-0.1, -0.05) is 30.3 Å². The van der Waals surface area contributed by atoms with Crippen molar-refractivity contribution in [3.8, 4) is 0 Å². The lowest BCUT2D eigenvalue weighted by Gasteiger charge is -2.04. The van der Waals surface area contributed by atoms with E-state index in [1.54, 1.807) is 0 Å². The van der Waals surface area contributed by atoms with Crippen LogP contribution in [0, 0.1) is 12.3 Å². The fraction of sp³-hybridized carbons (Fsp3) is 0.267. The molecule has 1 unspecified atom stereocenters. The van der Waals surface area contributed by atoms with E-state index >= 15 is 0 Å². The van der Waals surface area contributed by atoms with Gasteiger partial charge in [-0.3, -0.25) is 5.41 Å². The maximum atomic E-state index is 7.90. The van der Waals surface area contributed by atoms with E-state index < -0.39 is 0 Å². The van der Waals surface area contributed by atoms with Crippen molar-refractivity contribution in [1.29, 1.82) is 5.41 Å². The minimum atomic E-state index is -0.0687. The van der Waals surface area contributed by atoms with E-state index in [2.05, 4.69) is 12.1 Å². The third kappa shape index (κ3) is 1.63. The Kier molecular flexibility index (Phi) is 2.47. The molecule has 1 atom stereocenters.